The van der Waals surface area contributed by atoms with Crippen molar-refractivity contribution in [3.05, 3.63) is 41.6 Å². The van der Waals surface area contributed by atoms with Gasteiger partial charge in [0.25, 0.3) is 0 Å². The molecule has 1 aromatic heterocycles. The van der Waals surface area contributed by atoms with Crippen molar-refractivity contribution in [2.75, 3.05) is 0 Å². The van der Waals surface area contributed by atoms with Crippen LogP contribution >= 0.6 is 0 Å². The summed E-state index contributed by atoms with van der Waals surface area (Å²) in [6, 6.07) is 8.58. The summed E-state index contributed by atoms with van der Waals surface area (Å²) < 4.78 is 42.1. The Morgan fingerprint density at radius 2 is 1.75 bits per heavy atom. The second-order valence-electron chi connectivity index (χ2n) is 3.35. The normalized spacial score (nSPS) is 11.8. The Labute approximate surface area is 89.7 Å². The Morgan fingerprint density at radius 3 is 2.25 bits per heavy atom. The van der Waals surface area contributed by atoms with Crippen LogP contribution in [-0.2, 0) is 6.18 Å². The van der Waals surface area contributed by atoms with Crippen molar-refractivity contribution in [2.45, 2.75) is 13.1 Å². The van der Waals surface area contributed by atoms with Crippen LogP contribution in [0.1, 0.15) is 11.3 Å². The quantitative estimate of drug-likeness (QED) is 0.742. The van der Waals surface area contributed by atoms with Crippen LogP contribution < -0.4 is 0 Å². The lowest BCUT2D eigenvalue weighted by Gasteiger charge is -2.01. The van der Waals surface area contributed by atoms with Crippen molar-refractivity contribution in [1.82, 2.24) is 5.16 Å². The van der Waals surface area contributed by atoms with Gasteiger partial charge in [0.2, 0.25) is 0 Å². The number of alkyl halides is 3. The summed E-state index contributed by atoms with van der Waals surface area (Å²) >= 11 is 0. The van der Waals surface area contributed by atoms with E-state index in [1.807, 2.05) is 0 Å². The highest BCUT2D eigenvalue weighted by Gasteiger charge is 2.38. The number of hydrogen-bond donors (Lipinski definition) is 0. The van der Waals surface area contributed by atoms with Crippen molar-refractivity contribution >= 4 is 0 Å². The molecule has 0 aliphatic carbocycles. The lowest BCUT2D eigenvalue weighted by atomic mass is 10.1. The van der Waals surface area contributed by atoms with Crippen LogP contribution in [0.15, 0.2) is 34.9 Å². The molecule has 84 valence electrons. The summed E-state index contributed by atoms with van der Waals surface area (Å²) in [5.41, 5.74) is -0.368. The van der Waals surface area contributed by atoms with Crippen LogP contribution in [0.2, 0.25) is 0 Å². The SMILES string of the molecule is Cc1c(C(F)(F)F)noc1-c1ccccc1. The van der Waals surface area contributed by atoms with Gasteiger partial charge >= 0.3 is 6.18 Å². The van der Waals surface area contributed by atoms with Gasteiger partial charge in [0.15, 0.2) is 11.5 Å². The highest BCUT2D eigenvalue weighted by Crippen LogP contribution is 2.35. The van der Waals surface area contributed by atoms with Gasteiger partial charge in [-0.15, -0.1) is 0 Å². The van der Waals surface area contributed by atoms with Gasteiger partial charge < -0.3 is 4.52 Å². The van der Waals surface area contributed by atoms with E-state index in [0.29, 0.717) is 5.56 Å². The molecular formula is C11H8F3NO. The Morgan fingerprint density at radius 1 is 1.12 bits per heavy atom. The molecule has 0 aliphatic rings. The van der Waals surface area contributed by atoms with E-state index in [1.54, 1.807) is 30.3 Å². The topological polar surface area (TPSA) is 26.0 Å². The highest BCUT2D eigenvalue weighted by molar-refractivity contribution is 5.61. The maximum Gasteiger partial charge on any atom is 0.437 e. The van der Waals surface area contributed by atoms with Gasteiger partial charge in [0, 0.05) is 11.1 Å². The Hall–Kier alpha value is -1.78. The number of rotatable bonds is 1. The van der Waals surface area contributed by atoms with E-state index in [2.05, 4.69) is 5.16 Å². The molecule has 0 bridgehead atoms. The maximum atomic E-state index is 12.5. The standard InChI is InChI=1S/C11H8F3NO/c1-7-9(8-5-3-2-4-6-8)16-15-10(7)11(12,13)14/h2-6H,1H3. The molecular weight excluding hydrogens is 219 g/mol. The lowest BCUT2D eigenvalue weighted by molar-refractivity contribution is -0.143. The molecule has 1 heterocycles. The number of aromatic nitrogens is 1. The average molecular weight is 227 g/mol. The number of benzene rings is 1. The fourth-order valence-electron chi connectivity index (χ4n) is 1.46. The molecule has 0 saturated heterocycles. The maximum absolute atomic E-state index is 12.5. The molecule has 1 aromatic carbocycles. The third-order valence-electron chi connectivity index (χ3n) is 2.23. The average Bonchev–Trinajstić information content (AvgIpc) is 2.61. The molecule has 2 aromatic rings. The van der Waals surface area contributed by atoms with Crippen LogP contribution in [0, 0.1) is 6.92 Å². The van der Waals surface area contributed by atoms with Gasteiger partial charge in [-0.1, -0.05) is 35.5 Å². The van der Waals surface area contributed by atoms with Gasteiger partial charge in [0.05, 0.1) is 0 Å². The molecule has 2 rings (SSSR count). The van der Waals surface area contributed by atoms with E-state index in [-0.39, 0.29) is 11.3 Å². The van der Waals surface area contributed by atoms with E-state index in [1.165, 1.54) is 6.92 Å². The molecule has 0 atom stereocenters. The van der Waals surface area contributed by atoms with Crippen LogP contribution in [0.25, 0.3) is 11.3 Å². The van der Waals surface area contributed by atoms with Crippen LogP contribution in [0.3, 0.4) is 0 Å². The minimum Gasteiger partial charge on any atom is -0.355 e. The zero-order valence-electron chi connectivity index (χ0n) is 8.38. The van der Waals surface area contributed by atoms with Gasteiger partial charge in [-0.2, -0.15) is 13.2 Å². The molecule has 16 heavy (non-hydrogen) atoms. The molecule has 2 nitrogen and oxygen atoms in total. The van der Waals surface area contributed by atoms with Gasteiger partial charge in [0.1, 0.15) is 0 Å². The van der Waals surface area contributed by atoms with E-state index in [9.17, 15) is 13.2 Å². The van der Waals surface area contributed by atoms with Crippen molar-refractivity contribution < 1.29 is 17.7 Å². The molecule has 0 radical (unpaired) electrons. The largest absolute Gasteiger partial charge is 0.437 e. The first-order valence-electron chi connectivity index (χ1n) is 4.59. The summed E-state index contributed by atoms with van der Waals surface area (Å²) in [4.78, 5) is 0. The van der Waals surface area contributed by atoms with Crippen molar-refractivity contribution in [1.29, 1.82) is 0 Å². The molecule has 0 spiro atoms. The van der Waals surface area contributed by atoms with E-state index in [4.69, 9.17) is 4.52 Å². The summed E-state index contributed by atoms with van der Waals surface area (Å²) in [5, 5.41) is 3.06. The predicted molar refractivity (Wildman–Crippen MR) is 51.7 cm³/mol. The number of hydrogen-bond acceptors (Lipinski definition) is 2. The van der Waals surface area contributed by atoms with Crippen molar-refractivity contribution in [3.8, 4) is 11.3 Å². The third kappa shape index (κ3) is 1.80. The van der Waals surface area contributed by atoms with Crippen molar-refractivity contribution in [2.24, 2.45) is 0 Å². The third-order valence-corrected chi connectivity index (χ3v) is 2.23. The Balaban J connectivity index is 2.50. The summed E-state index contributed by atoms with van der Waals surface area (Å²) in [6.07, 6.45) is -4.47. The first-order valence-corrected chi connectivity index (χ1v) is 4.59. The van der Waals surface area contributed by atoms with Crippen LogP contribution in [0.5, 0.6) is 0 Å². The van der Waals surface area contributed by atoms with Gasteiger partial charge in [-0.3, -0.25) is 0 Å². The second kappa shape index (κ2) is 3.66. The minimum absolute atomic E-state index is 0.0127. The van der Waals surface area contributed by atoms with E-state index >= 15 is 0 Å². The zero-order valence-corrected chi connectivity index (χ0v) is 8.38. The predicted octanol–water partition coefficient (Wildman–Crippen LogP) is 3.67. The zero-order chi connectivity index (χ0) is 11.8. The lowest BCUT2D eigenvalue weighted by Crippen LogP contribution is -2.07. The minimum atomic E-state index is -4.47. The fraction of sp³-hybridized carbons (Fsp3) is 0.182. The number of halogens is 3. The van der Waals surface area contributed by atoms with E-state index in [0.717, 1.165) is 0 Å². The molecule has 0 N–H and O–H groups in total. The molecule has 0 unspecified atom stereocenters. The molecule has 0 aliphatic heterocycles. The first-order chi connectivity index (χ1) is 7.50. The van der Waals surface area contributed by atoms with E-state index < -0.39 is 11.9 Å². The smallest absolute Gasteiger partial charge is 0.355 e. The summed E-state index contributed by atoms with van der Waals surface area (Å²) in [5.74, 6) is 0.160. The Bertz CT molecular complexity index is 488. The van der Waals surface area contributed by atoms with Crippen molar-refractivity contribution in [3.63, 3.8) is 0 Å². The monoisotopic (exact) mass is 227 g/mol. The second-order valence-corrected chi connectivity index (χ2v) is 3.35. The molecule has 0 fully saturated rings. The molecule has 5 heteroatoms. The number of nitrogens with zero attached hydrogens (tertiary/aromatic N) is 1. The Kier molecular flexibility index (Phi) is 2.46. The van der Waals surface area contributed by atoms with Gasteiger partial charge in [-0.05, 0) is 6.92 Å². The highest BCUT2D eigenvalue weighted by atomic mass is 19.4. The van der Waals surface area contributed by atoms with Crippen LogP contribution in [-0.4, -0.2) is 5.16 Å². The first kappa shape index (κ1) is 10.7. The van der Waals surface area contributed by atoms with Crippen LogP contribution in [0.4, 0.5) is 13.2 Å². The fourth-order valence-corrected chi connectivity index (χ4v) is 1.46. The summed E-state index contributed by atoms with van der Waals surface area (Å²) in [6.45, 7) is 1.35. The summed E-state index contributed by atoms with van der Waals surface area (Å²) in [7, 11) is 0. The molecule has 0 saturated carbocycles. The molecule has 0 amide bonds. The van der Waals surface area contributed by atoms with Gasteiger partial charge in [-0.25, -0.2) is 0 Å².